The Balaban J connectivity index is 1.99. The molecule has 2 atom stereocenters. The summed E-state index contributed by atoms with van der Waals surface area (Å²) >= 11 is 0. The van der Waals surface area contributed by atoms with Crippen molar-refractivity contribution in [3.05, 3.63) is 23.8 Å². The molecule has 4 N–H and O–H groups in total. The summed E-state index contributed by atoms with van der Waals surface area (Å²) in [7, 11) is 0. The molecule has 0 amide bonds. The van der Waals surface area contributed by atoms with Crippen molar-refractivity contribution in [1.29, 1.82) is 0 Å². The van der Waals surface area contributed by atoms with Gasteiger partial charge in [-0.2, -0.15) is 0 Å². The summed E-state index contributed by atoms with van der Waals surface area (Å²) in [4.78, 5) is 4.44. The molecule has 1 aliphatic heterocycles. The van der Waals surface area contributed by atoms with E-state index in [1.54, 1.807) is 0 Å². The Labute approximate surface area is 139 Å². The molecule has 0 spiro atoms. The Morgan fingerprint density at radius 1 is 1.35 bits per heavy atom. The van der Waals surface area contributed by atoms with Gasteiger partial charge < -0.3 is 10.5 Å². The molecule has 0 aromatic heterocycles. The van der Waals surface area contributed by atoms with Gasteiger partial charge in [-0.15, -0.1) is 0 Å². The molecule has 0 bridgehead atoms. The summed E-state index contributed by atoms with van der Waals surface area (Å²) in [5, 5.41) is 7.17. The zero-order chi connectivity index (χ0) is 16.8. The van der Waals surface area contributed by atoms with Crippen molar-refractivity contribution in [2.24, 2.45) is 10.7 Å². The normalized spacial score (nSPS) is 18.3. The molecule has 1 aliphatic rings. The van der Waals surface area contributed by atoms with Crippen molar-refractivity contribution in [1.82, 2.24) is 10.6 Å². The van der Waals surface area contributed by atoms with Crippen molar-refractivity contribution in [2.45, 2.75) is 71.8 Å². The van der Waals surface area contributed by atoms with E-state index in [2.05, 4.69) is 42.5 Å². The van der Waals surface area contributed by atoms with E-state index in [9.17, 15) is 0 Å². The van der Waals surface area contributed by atoms with E-state index < -0.39 is 0 Å². The summed E-state index contributed by atoms with van der Waals surface area (Å²) in [6.07, 6.45) is 3.73. The number of hydrogen-bond donors (Lipinski definition) is 3. The number of nitrogens with zero attached hydrogens (tertiary/aromatic N) is 1. The highest BCUT2D eigenvalue weighted by Crippen LogP contribution is 2.32. The minimum atomic E-state index is -0.153. The molecule has 0 radical (unpaired) electrons. The van der Waals surface area contributed by atoms with Gasteiger partial charge in [0.05, 0.1) is 6.17 Å². The van der Waals surface area contributed by atoms with E-state index in [4.69, 9.17) is 10.5 Å². The Kier molecular flexibility index (Phi) is 6.42. The van der Waals surface area contributed by atoms with Gasteiger partial charge in [0.15, 0.2) is 6.10 Å². The van der Waals surface area contributed by atoms with Crippen molar-refractivity contribution in [3.63, 3.8) is 0 Å². The second-order valence-corrected chi connectivity index (χ2v) is 6.50. The molecule has 0 saturated carbocycles. The second kappa shape index (κ2) is 8.31. The third-order valence-electron chi connectivity index (χ3n) is 3.93. The van der Waals surface area contributed by atoms with Crippen LogP contribution in [0.4, 0.5) is 5.69 Å². The Bertz CT molecular complexity index is 542. The molecule has 1 aromatic carbocycles. The molecule has 0 fully saturated rings. The highest BCUT2D eigenvalue weighted by molar-refractivity contribution is 5.89. The number of rotatable bonds is 8. The van der Waals surface area contributed by atoms with Crippen molar-refractivity contribution < 1.29 is 4.74 Å². The number of nitrogens with two attached hydrogens (primary N) is 1. The predicted octanol–water partition coefficient (Wildman–Crippen LogP) is 3.06. The third kappa shape index (κ3) is 5.22. The van der Waals surface area contributed by atoms with Gasteiger partial charge in [0.1, 0.15) is 17.3 Å². The number of fused-ring (bicyclic) bond motifs is 1. The van der Waals surface area contributed by atoms with E-state index in [1.807, 2.05) is 19.1 Å². The number of hydrogen-bond acceptors (Lipinski definition) is 5. The predicted molar refractivity (Wildman–Crippen MR) is 96.2 cm³/mol. The number of benzene rings is 1. The lowest BCUT2D eigenvalue weighted by Crippen LogP contribution is -2.45. The molecule has 0 saturated heterocycles. The molecule has 1 aromatic rings. The van der Waals surface area contributed by atoms with Gasteiger partial charge in [0.25, 0.3) is 0 Å². The molecule has 1 heterocycles. The zero-order valence-electron chi connectivity index (χ0n) is 14.7. The first-order chi connectivity index (χ1) is 11.0. The Morgan fingerprint density at radius 2 is 2.13 bits per heavy atom. The van der Waals surface area contributed by atoms with Crippen LogP contribution in [0.5, 0.6) is 5.75 Å². The molecule has 23 heavy (non-hydrogen) atoms. The third-order valence-corrected chi connectivity index (χ3v) is 3.93. The molecule has 5 heteroatoms. The van der Waals surface area contributed by atoms with Crippen LogP contribution in [-0.4, -0.2) is 24.1 Å². The van der Waals surface area contributed by atoms with E-state index in [1.165, 1.54) is 18.4 Å². The Morgan fingerprint density at radius 3 is 2.83 bits per heavy atom. The molecule has 128 valence electrons. The minimum absolute atomic E-state index is 0.153. The summed E-state index contributed by atoms with van der Waals surface area (Å²) in [5.41, 5.74) is 7.88. The molecular weight excluding hydrogens is 288 g/mol. The highest BCUT2D eigenvalue weighted by atomic mass is 16.5. The van der Waals surface area contributed by atoms with Crippen molar-refractivity contribution in [2.75, 3.05) is 0 Å². The van der Waals surface area contributed by atoms with Crippen LogP contribution >= 0.6 is 0 Å². The number of aliphatic imine (C=N–C) groups is 1. The van der Waals surface area contributed by atoms with Crippen molar-refractivity contribution >= 4 is 11.5 Å². The van der Waals surface area contributed by atoms with E-state index in [-0.39, 0.29) is 6.10 Å². The standard InChI is InChI=1S/C18H30N4O/c1-5-6-7-17(21-12(2)3)20-11-14-8-9-16-15(10-14)22-18(19)13(4)23-16/h8-10,12-13,17,20-21H,5-7,11H2,1-4H3,(H2,19,22). The fraction of sp³-hybridized carbons (Fsp3) is 0.611. The van der Waals surface area contributed by atoms with Crippen LogP contribution < -0.4 is 21.1 Å². The Hall–Kier alpha value is -1.59. The largest absolute Gasteiger partial charge is 0.481 e. The van der Waals surface area contributed by atoms with Gasteiger partial charge >= 0.3 is 0 Å². The summed E-state index contributed by atoms with van der Waals surface area (Å²) in [6.45, 7) is 9.28. The average Bonchev–Trinajstić information content (AvgIpc) is 2.50. The quantitative estimate of drug-likeness (QED) is 0.644. The second-order valence-electron chi connectivity index (χ2n) is 6.50. The molecular formula is C18H30N4O. The lowest BCUT2D eigenvalue weighted by atomic mass is 10.1. The monoisotopic (exact) mass is 318 g/mol. The highest BCUT2D eigenvalue weighted by Gasteiger charge is 2.18. The zero-order valence-corrected chi connectivity index (χ0v) is 14.7. The van der Waals surface area contributed by atoms with Crippen LogP contribution in [0, 0.1) is 0 Å². The maximum atomic E-state index is 5.87. The van der Waals surface area contributed by atoms with Gasteiger partial charge in [-0.05, 0) is 44.9 Å². The molecule has 5 nitrogen and oxygen atoms in total. The van der Waals surface area contributed by atoms with Crippen LogP contribution in [0.15, 0.2) is 23.2 Å². The van der Waals surface area contributed by atoms with Crippen molar-refractivity contribution in [3.8, 4) is 5.75 Å². The SMILES string of the molecule is CCCCC(NCc1ccc2c(c1)N=C(N)C(C)O2)NC(C)C. The van der Waals surface area contributed by atoms with Gasteiger partial charge in [0.2, 0.25) is 0 Å². The van der Waals surface area contributed by atoms with Crippen LogP contribution in [0.1, 0.15) is 52.5 Å². The fourth-order valence-electron chi connectivity index (χ4n) is 2.64. The van der Waals surface area contributed by atoms with Gasteiger partial charge in [-0.3, -0.25) is 10.6 Å². The minimum Gasteiger partial charge on any atom is -0.481 e. The topological polar surface area (TPSA) is 71.7 Å². The number of unbranched alkanes of at least 4 members (excludes halogenated alkanes) is 1. The number of amidine groups is 1. The average molecular weight is 318 g/mol. The summed E-state index contributed by atoms with van der Waals surface area (Å²) in [5.74, 6) is 1.34. The van der Waals surface area contributed by atoms with E-state index in [0.717, 1.165) is 24.4 Å². The fourth-order valence-corrected chi connectivity index (χ4v) is 2.64. The first-order valence-electron chi connectivity index (χ1n) is 8.62. The maximum absolute atomic E-state index is 5.87. The van der Waals surface area contributed by atoms with Gasteiger partial charge in [-0.1, -0.05) is 25.8 Å². The van der Waals surface area contributed by atoms with Gasteiger partial charge in [-0.25, -0.2) is 4.99 Å². The van der Waals surface area contributed by atoms with Crippen LogP contribution in [0.2, 0.25) is 0 Å². The van der Waals surface area contributed by atoms with Crippen LogP contribution in [-0.2, 0) is 6.54 Å². The number of ether oxygens (including phenoxy) is 1. The summed E-state index contributed by atoms with van der Waals surface area (Å²) < 4.78 is 5.74. The van der Waals surface area contributed by atoms with Crippen LogP contribution in [0.25, 0.3) is 0 Å². The van der Waals surface area contributed by atoms with Gasteiger partial charge in [0, 0.05) is 12.6 Å². The first-order valence-corrected chi connectivity index (χ1v) is 8.62. The molecule has 2 unspecified atom stereocenters. The smallest absolute Gasteiger partial charge is 0.153 e. The molecule has 2 rings (SSSR count). The van der Waals surface area contributed by atoms with E-state index >= 15 is 0 Å². The maximum Gasteiger partial charge on any atom is 0.153 e. The summed E-state index contributed by atoms with van der Waals surface area (Å²) in [6, 6.07) is 6.58. The first kappa shape index (κ1) is 17.8. The van der Waals surface area contributed by atoms with Crippen LogP contribution in [0.3, 0.4) is 0 Å². The molecule has 0 aliphatic carbocycles. The lowest BCUT2D eigenvalue weighted by molar-refractivity contribution is 0.281. The van der Waals surface area contributed by atoms with E-state index in [0.29, 0.717) is 18.0 Å². The lowest BCUT2D eigenvalue weighted by Gasteiger charge is -2.24. The number of nitrogens with one attached hydrogen (secondary N) is 2.